The van der Waals surface area contributed by atoms with Gasteiger partial charge in [-0.15, -0.1) is 0 Å². The van der Waals surface area contributed by atoms with Crippen molar-refractivity contribution in [3.8, 4) is 0 Å². The van der Waals surface area contributed by atoms with Crippen LogP contribution in [0.4, 0.5) is 0 Å². The molecule has 0 radical (unpaired) electrons. The minimum atomic E-state index is -3.77. The lowest BCUT2D eigenvalue weighted by molar-refractivity contribution is 0.307. The van der Waals surface area contributed by atoms with Crippen molar-refractivity contribution >= 4 is 37.6 Å². The van der Waals surface area contributed by atoms with Crippen molar-refractivity contribution in [3.63, 3.8) is 0 Å². The Labute approximate surface area is 131 Å². The molecule has 0 saturated heterocycles. The molecule has 0 bridgehead atoms. The lowest BCUT2D eigenvalue weighted by Gasteiger charge is -2.08. The number of rotatable bonds is 4. The van der Waals surface area contributed by atoms with Gasteiger partial charge in [-0.05, 0) is 46.6 Å². The van der Waals surface area contributed by atoms with Gasteiger partial charge in [-0.25, -0.2) is 0 Å². The molecular formula is C14H12BrClO3S. The lowest BCUT2D eigenvalue weighted by Crippen LogP contribution is -2.06. The Balaban J connectivity index is 2.17. The third-order valence-electron chi connectivity index (χ3n) is 2.71. The van der Waals surface area contributed by atoms with Crippen molar-refractivity contribution in [2.75, 3.05) is 0 Å². The highest BCUT2D eigenvalue weighted by molar-refractivity contribution is 9.10. The molecule has 0 spiro atoms. The molecule has 0 aliphatic carbocycles. The molecule has 106 valence electrons. The van der Waals surface area contributed by atoms with Gasteiger partial charge in [0.15, 0.2) is 0 Å². The first kappa shape index (κ1) is 15.5. The number of halogens is 2. The van der Waals surface area contributed by atoms with Gasteiger partial charge < -0.3 is 0 Å². The van der Waals surface area contributed by atoms with E-state index >= 15 is 0 Å². The van der Waals surface area contributed by atoms with E-state index in [1.807, 2.05) is 6.92 Å². The van der Waals surface area contributed by atoms with Gasteiger partial charge in [0.1, 0.15) is 0 Å². The van der Waals surface area contributed by atoms with Gasteiger partial charge in [-0.2, -0.15) is 8.42 Å². The summed E-state index contributed by atoms with van der Waals surface area (Å²) in [6, 6.07) is 11.7. The van der Waals surface area contributed by atoms with Crippen LogP contribution < -0.4 is 0 Å². The van der Waals surface area contributed by atoms with Crippen LogP contribution in [0.3, 0.4) is 0 Å². The van der Waals surface area contributed by atoms with E-state index in [0.717, 1.165) is 5.56 Å². The molecule has 0 aliphatic heterocycles. The highest BCUT2D eigenvalue weighted by atomic mass is 79.9. The predicted molar refractivity (Wildman–Crippen MR) is 82.3 cm³/mol. The van der Waals surface area contributed by atoms with E-state index in [1.165, 1.54) is 12.1 Å². The summed E-state index contributed by atoms with van der Waals surface area (Å²) in [5, 5.41) is 0.513. The highest BCUT2D eigenvalue weighted by Gasteiger charge is 2.16. The van der Waals surface area contributed by atoms with Gasteiger partial charge in [-0.1, -0.05) is 41.4 Å². The van der Waals surface area contributed by atoms with Crippen molar-refractivity contribution in [2.24, 2.45) is 0 Å². The van der Waals surface area contributed by atoms with Crippen molar-refractivity contribution in [1.29, 1.82) is 0 Å². The Kier molecular flexibility index (Phi) is 4.86. The molecule has 0 unspecified atom stereocenters. The first-order chi connectivity index (χ1) is 9.40. The van der Waals surface area contributed by atoms with Crippen molar-refractivity contribution < 1.29 is 12.6 Å². The van der Waals surface area contributed by atoms with E-state index in [4.69, 9.17) is 15.8 Å². The van der Waals surface area contributed by atoms with Crippen molar-refractivity contribution in [3.05, 3.63) is 63.1 Å². The van der Waals surface area contributed by atoms with Gasteiger partial charge in [-0.3, -0.25) is 4.18 Å². The van der Waals surface area contributed by atoms with Crippen LogP contribution in [-0.4, -0.2) is 8.42 Å². The topological polar surface area (TPSA) is 43.4 Å². The second-order valence-corrected chi connectivity index (χ2v) is 7.06. The number of benzene rings is 2. The smallest absolute Gasteiger partial charge is 0.262 e. The Hall–Kier alpha value is -0.880. The molecule has 0 fully saturated rings. The Morgan fingerprint density at radius 2 is 1.80 bits per heavy atom. The maximum atomic E-state index is 12.0. The molecule has 3 nitrogen and oxygen atoms in total. The minimum Gasteiger partial charge on any atom is -0.262 e. The van der Waals surface area contributed by atoms with E-state index in [1.54, 1.807) is 30.3 Å². The quantitative estimate of drug-likeness (QED) is 0.748. The van der Waals surface area contributed by atoms with Crippen molar-refractivity contribution in [2.45, 2.75) is 18.4 Å². The Morgan fingerprint density at radius 1 is 1.15 bits per heavy atom. The Bertz CT molecular complexity index is 712. The van der Waals surface area contributed by atoms with Gasteiger partial charge in [0.25, 0.3) is 10.1 Å². The standard InChI is InChI=1S/C14H12BrClO3S/c1-10-5-7-12(8-6-10)20(17,18)19-9-11-3-2-4-13(16)14(11)15/h2-8H,9H2,1H3. The summed E-state index contributed by atoms with van der Waals surface area (Å²) >= 11 is 9.25. The van der Waals surface area contributed by atoms with Gasteiger partial charge in [0, 0.05) is 4.47 Å². The molecule has 0 heterocycles. The summed E-state index contributed by atoms with van der Waals surface area (Å²) in [5.74, 6) is 0. The molecule has 0 amide bonds. The lowest BCUT2D eigenvalue weighted by atomic mass is 10.2. The Morgan fingerprint density at radius 3 is 2.45 bits per heavy atom. The van der Waals surface area contributed by atoms with Crippen molar-refractivity contribution in [1.82, 2.24) is 0 Å². The van der Waals surface area contributed by atoms with Crippen LogP contribution in [0, 0.1) is 6.92 Å². The fraction of sp³-hybridized carbons (Fsp3) is 0.143. The molecule has 0 aliphatic rings. The summed E-state index contributed by atoms with van der Waals surface area (Å²) in [7, 11) is -3.77. The zero-order valence-electron chi connectivity index (χ0n) is 10.6. The molecule has 20 heavy (non-hydrogen) atoms. The zero-order chi connectivity index (χ0) is 14.8. The largest absolute Gasteiger partial charge is 0.297 e. The fourth-order valence-corrected chi connectivity index (χ4v) is 3.03. The van der Waals surface area contributed by atoms with E-state index in [-0.39, 0.29) is 11.5 Å². The van der Waals surface area contributed by atoms with E-state index in [0.29, 0.717) is 15.1 Å². The number of hydrogen-bond donors (Lipinski definition) is 0. The van der Waals surface area contributed by atoms with E-state index in [2.05, 4.69) is 15.9 Å². The minimum absolute atomic E-state index is 0.0721. The van der Waals surface area contributed by atoms with Crippen LogP contribution in [0.5, 0.6) is 0 Å². The summed E-state index contributed by atoms with van der Waals surface area (Å²) < 4.78 is 29.8. The number of aryl methyl sites for hydroxylation is 1. The SMILES string of the molecule is Cc1ccc(S(=O)(=O)OCc2cccc(Cl)c2Br)cc1. The average molecular weight is 376 g/mol. The molecule has 2 rings (SSSR count). The van der Waals surface area contributed by atoms with Gasteiger partial charge >= 0.3 is 0 Å². The highest BCUT2D eigenvalue weighted by Crippen LogP contribution is 2.27. The van der Waals surface area contributed by atoms with Crippen LogP contribution in [0.25, 0.3) is 0 Å². The second kappa shape index (κ2) is 6.26. The normalized spacial score (nSPS) is 11.6. The third kappa shape index (κ3) is 3.61. The summed E-state index contributed by atoms with van der Waals surface area (Å²) in [6.07, 6.45) is 0. The van der Waals surface area contributed by atoms with Crippen LogP contribution in [0.2, 0.25) is 5.02 Å². The first-order valence-electron chi connectivity index (χ1n) is 5.79. The molecule has 0 aromatic heterocycles. The molecule has 2 aromatic rings. The zero-order valence-corrected chi connectivity index (χ0v) is 13.8. The average Bonchev–Trinajstić information content (AvgIpc) is 2.41. The van der Waals surface area contributed by atoms with Crippen LogP contribution in [-0.2, 0) is 20.9 Å². The van der Waals surface area contributed by atoms with Crippen LogP contribution >= 0.6 is 27.5 Å². The molecule has 0 N–H and O–H groups in total. The third-order valence-corrected chi connectivity index (χ3v) is 5.47. The van der Waals surface area contributed by atoms with Crippen LogP contribution in [0.1, 0.15) is 11.1 Å². The van der Waals surface area contributed by atoms with Crippen LogP contribution in [0.15, 0.2) is 51.8 Å². The van der Waals surface area contributed by atoms with E-state index < -0.39 is 10.1 Å². The van der Waals surface area contributed by atoms with Gasteiger partial charge in [0.2, 0.25) is 0 Å². The molecule has 6 heteroatoms. The second-order valence-electron chi connectivity index (χ2n) is 4.24. The molecule has 0 atom stereocenters. The molecule has 2 aromatic carbocycles. The molecule has 0 saturated carbocycles. The summed E-state index contributed by atoms with van der Waals surface area (Å²) in [5.41, 5.74) is 1.66. The fourth-order valence-electron chi connectivity index (χ4n) is 1.57. The maximum absolute atomic E-state index is 12.0. The predicted octanol–water partition coefficient (Wildman–Crippen LogP) is 4.32. The number of hydrogen-bond acceptors (Lipinski definition) is 3. The maximum Gasteiger partial charge on any atom is 0.297 e. The van der Waals surface area contributed by atoms with Gasteiger partial charge in [0.05, 0.1) is 16.5 Å². The summed E-state index contributed by atoms with van der Waals surface area (Å²) in [4.78, 5) is 0.140. The monoisotopic (exact) mass is 374 g/mol. The first-order valence-corrected chi connectivity index (χ1v) is 8.37. The van der Waals surface area contributed by atoms with E-state index in [9.17, 15) is 8.42 Å². The summed E-state index contributed by atoms with van der Waals surface area (Å²) in [6.45, 7) is 1.82. The molecular weight excluding hydrogens is 364 g/mol.